The standard InChI is InChI=1S/C8H13ClN2OS/c1-4-12-6(5(2)3)7-10-8(9)13-11-7/h5-6H,4H2,1-3H3. The molecule has 1 unspecified atom stereocenters. The van der Waals surface area contributed by atoms with Crippen molar-refractivity contribution in [3.05, 3.63) is 10.3 Å². The molecular formula is C8H13ClN2OS. The molecule has 0 radical (unpaired) electrons. The van der Waals surface area contributed by atoms with Crippen molar-refractivity contribution in [2.75, 3.05) is 6.61 Å². The second-order valence-electron chi connectivity index (χ2n) is 3.03. The highest BCUT2D eigenvalue weighted by atomic mass is 35.5. The van der Waals surface area contributed by atoms with Gasteiger partial charge in [0.15, 0.2) is 5.82 Å². The van der Waals surface area contributed by atoms with Crippen LogP contribution in [-0.4, -0.2) is 16.0 Å². The summed E-state index contributed by atoms with van der Waals surface area (Å²) in [4.78, 5) is 4.10. The van der Waals surface area contributed by atoms with E-state index in [4.69, 9.17) is 16.3 Å². The molecule has 0 saturated heterocycles. The van der Waals surface area contributed by atoms with E-state index in [2.05, 4.69) is 23.2 Å². The van der Waals surface area contributed by atoms with Crippen LogP contribution in [0, 0.1) is 5.92 Å². The Labute approximate surface area is 87.3 Å². The van der Waals surface area contributed by atoms with Crippen LogP contribution in [0.15, 0.2) is 0 Å². The van der Waals surface area contributed by atoms with E-state index in [0.29, 0.717) is 22.8 Å². The lowest BCUT2D eigenvalue weighted by atomic mass is 10.1. The summed E-state index contributed by atoms with van der Waals surface area (Å²) < 4.78 is 10.1. The summed E-state index contributed by atoms with van der Waals surface area (Å²) in [7, 11) is 0. The molecule has 0 aliphatic heterocycles. The Morgan fingerprint density at radius 3 is 2.62 bits per heavy atom. The summed E-state index contributed by atoms with van der Waals surface area (Å²) in [5, 5.41) is 0. The van der Waals surface area contributed by atoms with Crippen LogP contribution in [0.25, 0.3) is 0 Å². The van der Waals surface area contributed by atoms with Crippen molar-refractivity contribution in [2.45, 2.75) is 26.9 Å². The van der Waals surface area contributed by atoms with E-state index in [9.17, 15) is 0 Å². The van der Waals surface area contributed by atoms with Crippen molar-refractivity contribution >= 4 is 23.1 Å². The quantitative estimate of drug-likeness (QED) is 0.783. The molecule has 13 heavy (non-hydrogen) atoms. The molecule has 1 aromatic rings. The maximum Gasteiger partial charge on any atom is 0.203 e. The Hall–Kier alpha value is -0.190. The largest absolute Gasteiger partial charge is 0.370 e. The van der Waals surface area contributed by atoms with E-state index in [1.165, 1.54) is 11.5 Å². The molecule has 0 bridgehead atoms. The van der Waals surface area contributed by atoms with Gasteiger partial charge >= 0.3 is 0 Å². The smallest absolute Gasteiger partial charge is 0.203 e. The van der Waals surface area contributed by atoms with E-state index in [-0.39, 0.29) is 6.10 Å². The number of nitrogens with zero attached hydrogens (tertiary/aromatic N) is 2. The van der Waals surface area contributed by atoms with Crippen LogP contribution >= 0.6 is 23.1 Å². The highest BCUT2D eigenvalue weighted by Crippen LogP contribution is 2.25. The van der Waals surface area contributed by atoms with Crippen molar-refractivity contribution < 1.29 is 4.74 Å². The number of ether oxygens (including phenoxy) is 1. The average Bonchev–Trinajstić information content (AvgIpc) is 2.46. The summed E-state index contributed by atoms with van der Waals surface area (Å²) in [5.41, 5.74) is 0. The third-order valence-electron chi connectivity index (χ3n) is 1.62. The molecule has 5 heteroatoms. The van der Waals surface area contributed by atoms with Gasteiger partial charge in [-0.3, -0.25) is 0 Å². The predicted molar refractivity (Wildman–Crippen MR) is 54.1 cm³/mol. The zero-order chi connectivity index (χ0) is 9.84. The van der Waals surface area contributed by atoms with E-state index < -0.39 is 0 Å². The number of halogens is 1. The van der Waals surface area contributed by atoms with Crippen LogP contribution in [0.5, 0.6) is 0 Å². The Bertz CT molecular complexity index is 264. The lowest BCUT2D eigenvalue weighted by molar-refractivity contribution is 0.0240. The fourth-order valence-electron chi connectivity index (χ4n) is 1.08. The predicted octanol–water partition coefficient (Wildman–Crippen LogP) is 2.93. The first kappa shape index (κ1) is 10.9. The minimum absolute atomic E-state index is 0.0336. The van der Waals surface area contributed by atoms with Crippen LogP contribution in [0.1, 0.15) is 32.7 Å². The van der Waals surface area contributed by atoms with Crippen molar-refractivity contribution in [1.82, 2.24) is 9.36 Å². The maximum absolute atomic E-state index is 5.70. The van der Waals surface area contributed by atoms with Crippen LogP contribution in [-0.2, 0) is 4.74 Å². The van der Waals surface area contributed by atoms with Crippen molar-refractivity contribution in [1.29, 1.82) is 0 Å². The molecule has 1 heterocycles. The lowest BCUT2D eigenvalue weighted by Gasteiger charge is -2.16. The molecule has 1 rings (SSSR count). The van der Waals surface area contributed by atoms with E-state index in [0.717, 1.165) is 0 Å². The molecular weight excluding hydrogens is 208 g/mol. The molecule has 0 aliphatic rings. The van der Waals surface area contributed by atoms with Gasteiger partial charge in [0, 0.05) is 6.61 Å². The van der Waals surface area contributed by atoms with E-state index >= 15 is 0 Å². The van der Waals surface area contributed by atoms with Crippen LogP contribution in [0.2, 0.25) is 4.47 Å². The van der Waals surface area contributed by atoms with Crippen LogP contribution in [0.3, 0.4) is 0 Å². The Balaban J connectivity index is 2.75. The summed E-state index contributed by atoms with van der Waals surface area (Å²) in [6.45, 7) is 6.79. The van der Waals surface area contributed by atoms with Crippen molar-refractivity contribution in [3.8, 4) is 0 Å². The number of aromatic nitrogens is 2. The van der Waals surface area contributed by atoms with Gasteiger partial charge in [0.2, 0.25) is 4.47 Å². The van der Waals surface area contributed by atoms with Crippen molar-refractivity contribution in [3.63, 3.8) is 0 Å². The van der Waals surface area contributed by atoms with Crippen LogP contribution in [0.4, 0.5) is 0 Å². The lowest BCUT2D eigenvalue weighted by Crippen LogP contribution is -2.12. The number of rotatable bonds is 4. The molecule has 3 nitrogen and oxygen atoms in total. The third-order valence-corrected chi connectivity index (χ3v) is 2.43. The highest BCUT2D eigenvalue weighted by Gasteiger charge is 2.20. The Kier molecular flexibility index (Phi) is 4.09. The van der Waals surface area contributed by atoms with E-state index in [1.807, 2.05) is 6.92 Å². The van der Waals surface area contributed by atoms with Gasteiger partial charge in [-0.2, -0.15) is 4.37 Å². The topological polar surface area (TPSA) is 35.0 Å². The molecule has 0 fully saturated rings. The molecule has 0 N–H and O–H groups in total. The normalized spacial score (nSPS) is 13.6. The maximum atomic E-state index is 5.70. The fourth-order valence-corrected chi connectivity index (χ4v) is 1.71. The minimum atomic E-state index is -0.0336. The first-order valence-corrected chi connectivity index (χ1v) is 5.41. The second-order valence-corrected chi connectivity index (χ2v) is 4.36. The molecule has 1 aromatic heterocycles. The molecule has 0 saturated carbocycles. The van der Waals surface area contributed by atoms with Gasteiger partial charge in [0.05, 0.1) is 0 Å². The zero-order valence-electron chi connectivity index (χ0n) is 7.95. The first-order chi connectivity index (χ1) is 6.15. The Morgan fingerprint density at radius 1 is 1.54 bits per heavy atom. The third kappa shape index (κ3) is 2.90. The summed E-state index contributed by atoms with van der Waals surface area (Å²) >= 11 is 6.90. The monoisotopic (exact) mass is 220 g/mol. The average molecular weight is 221 g/mol. The van der Waals surface area contributed by atoms with Gasteiger partial charge in [-0.25, -0.2) is 4.98 Å². The fraction of sp³-hybridized carbons (Fsp3) is 0.750. The van der Waals surface area contributed by atoms with Gasteiger partial charge < -0.3 is 4.74 Å². The molecule has 74 valence electrons. The van der Waals surface area contributed by atoms with Gasteiger partial charge in [-0.15, -0.1) is 0 Å². The molecule has 0 spiro atoms. The van der Waals surface area contributed by atoms with Gasteiger partial charge in [0.1, 0.15) is 6.10 Å². The van der Waals surface area contributed by atoms with Crippen LogP contribution < -0.4 is 0 Å². The molecule has 1 atom stereocenters. The number of hydrogen-bond donors (Lipinski definition) is 0. The van der Waals surface area contributed by atoms with Gasteiger partial charge in [0.25, 0.3) is 0 Å². The zero-order valence-corrected chi connectivity index (χ0v) is 9.52. The molecule has 0 amide bonds. The molecule has 0 aliphatic carbocycles. The first-order valence-electron chi connectivity index (χ1n) is 4.25. The summed E-state index contributed by atoms with van der Waals surface area (Å²) in [5.74, 6) is 1.07. The minimum Gasteiger partial charge on any atom is -0.370 e. The van der Waals surface area contributed by atoms with E-state index in [1.54, 1.807) is 0 Å². The highest BCUT2D eigenvalue weighted by molar-refractivity contribution is 7.10. The summed E-state index contributed by atoms with van der Waals surface area (Å²) in [6, 6.07) is 0. The SMILES string of the molecule is CCOC(c1nsc(Cl)n1)C(C)C. The number of hydrogen-bond acceptors (Lipinski definition) is 4. The van der Waals surface area contributed by atoms with Gasteiger partial charge in [-0.05, 0) is 36.0 Å². The second kappa shape index (κ2) is 4.88. The molecule has 0 aromatic carbocycles. The van der Waals surface area contributed by atoms with Gasteiger partial charge in [-0.1, -0.05) is 13.8 Å². The Morgan fingerprint density at radius 2 is 2.23 bits per heavy atom. The van der Waals surface area contributed by atoms with Crippen molar-refractivity contribution in [2.24, 2.45) is 5.92 Å². The summed E-state index contributed by atoms with van der Waals surface area (Å²) in [6.07, 6.45) is -0.0336.